The van der Waals surface area contributed by atoms with E-state index in [0.29, 0.717) is 0 Å². The Morgan fingerprint density at radius 3 is 1.77 bits per heavy atom. The van der Waals surface area contributed by atoms with Crippen LogP contribution in [0.15, 0.2) is 188 Å². The van der Waals surface area contributed by atoms with Crippen LogP contribution in [0.3, 0.4) is 0 Å². The number of anilines is 3. The summed E-state index contributed by atoms with van der Waals surface area (Å²) in [5, 5.41) is 0. The number of aromatic nitrogens is 2. The molecule has 0 saturated carbocycles. The van der Waals surface area contributed by atoms with Crippen LogP contribution < -0.4 is 4.90 Å². The van der Waals surface area contributed by atoms with Crippen molar-refractivity contribution in [1.82, 2.24) is 9.55 Å². The molecule has 0 fully saturated rings. The number of benzene rings is 8. The van der Waals surface area contributed by atoms with Crippen molar-refractivity contribution in [2.75, 3.05) is 4.90 Å². The third-order valence-corrected chi connectivity index (χ3v) is 12.8. The molecule has 9 aromatic rings. The molecule has 264 valence electrons. The first-order chi connectivity index (χ1) is 27.5. The standard InChI is InChI=1S/C53H37N3/c1-52(2)41-20-9-8-19-40(41)50-45(52)24-14-26-49(50)55(36-29-27-35(28-30-36)34-15-4-3-5-16-34)37-31-32-48-46(33-37)54-51-53(44-23-12-13-25-47(44)56(48)51)42-21-10-6-17-38(42)39-18-7-11-22-43(39)53/h3-33H,1-2H3. The van der Waals surface area contributed by atoms with E-state index in [2.05, 4.69) is 211 Å². The maximum atomic E-state index is 5.69. The molecular formula is C53H37N3. The monoisotopic (exact) mass is 715 g/mol. The normalized spacial score (nSPS) is 14.5. The Labute approximate surface area is 326 Å². The third kappa shape index (κ3) is 3.99. The minimum absolute atomic E-state index is 0.116. The lowest BCUT2D eigenvalue weighted by Gasteiger charge is -2.29. The van der Waals surface area contributed by atoms with E-state index in [4.69, 9.17) is 4.98 Å². The van der Waals surface area contributed by atoms with E-state index in [1.54, 1.807) is 0 Å². The zero-order chi connectivity index (χ0) is 37.2. The van der Waals surface area contributed by atoms with Gasteiger partial charge in [-0.2, -0.15) is 0 Å². The highest BCUT2D eigenvalue weighted by Crippen LogP contribution is 2.61. The highest BCUT2D eigenvalue weighted by molar-refractivity contribution is 5.97. The molecule has 0 bridgehead atoms. The van der Waals surface area contributed by atoms with Crippen molar-refractivity contribution in [3.63, 3.8) is 0 Å². The summed E-state index contributed by atoms with van der Waals surface area (Å²) in [6.07, 6.45) is 0. The molecule has 0 radical (unpaired) electrons. The third-order valence-electron chi connectivity index (χ3n) is 12.8. The average molecular weight is 716 g/mol. The van der Waals surface area contributed by atoms with Gasteiger partial charge in [-0.3, -0.25) is 4.57 Å². The van der Waals surface area contributed by atoms with Gasteiger partial charge in [0.2, 0.25) is 0 Å². The van der Waals surface area contributed by atoms with Crippen LogP contribution in [0.5, 0.6) is 0 Å². The van der Waals surface area contributed by atoms with Crippen LogP contribution in [-0.4, -0.2) is 9.55 Å². The van der Waals surface area contributed by atoms with Crippen molar-refractivity contribution in [2.45, 2.75) is 24.7 Å². The Balaban J connectivity index is 1.10. The van der Waals surface area contributed by atoms with Crippen LogP contribution in [0.2, 0.25) is 0 Å². The van der Waals surface area contributed by atoms with Gasteiger partial charge in [-0.15, -0.1) is 0 Å². The van der Waals surface area contributed by atoms with Crippen molar-refractivity contribution in [1.29, 1.82) is 0 Å². The van der Waals surface area contributed by atoms with E-state index >= 15 is 0 Å². The first-order valence-electron chi connectivity index (χ1n) is 19.6. The fourth-order valence-electron chi connectivity index (χ4n) is 10.4. The van der Waals surface area contributed by atoms with Gasteiger partial charge in [0, 0.05) is 22.4 Å². The van der Waals surface area contributed by atoms with Crippen molar-refractivity contribution >= 4 is 28.1 Å². The predicted molar refractivity (Wildman–Crippen MR) is 230 cm³/mol. The largest absolute Gasteiger partial charge is 0.310 e. The minimum Gasteiger partial charge on any atom is -0.310 e. The minimum atomic E-state index is -0.508. The van der Waals surface area contributed by atoms with Gasteiger partial charge >= 0.3 is 0 Å². The summed E-state index contributed by atoms with van der Waals surface area (Å²) in [6.45, 7) is 4.71. The summed E-state index contributed by atoms with van der Waals surface area (Å²) >= 11 is 0. The smallest absolute Gasteiger partial charge is 0.134 e. The molecule has 3 aliphatic rings. The van der Waals surface area contributed by atoms with Gasteiger partial charge in [0.25, 0.3) is 0 Å². The zero-order valence-corrected chi connectivity index (χ0v) is 31.2. The number of nitrogens with zero attached hydrogens (tertiary/aromatic N) is 3. The highest BCUT2D eigenvalue weighted by atomic mass is 15.2. The molecular weight excluding hydrogens is 679 g/mol. The van der Waals surface area contributed by atoms with E-state index in [1.165, 1.54) is 72.6 Å². The maximum Gasteiger partial charge on any atom is 0.134 e. The van der Waals surface area contributed by atoms with Gasteiger partial charge in [-0.25, -0.2) is 4.98 Å². The molecule has 56 heavy (non-hydrogen) atoms. The van der Waals surface area contributed by atoms with Gasteiger partial charge in [-0.1, -0.05) is 159 Å². The first-order valence-corrected chi connectivity index (χ1v) is 19.6. The fourth-order valence-corrected chi connectivity index (χ4v) is 10.4. The van der Waals surface area contributed by atoms with Crippen LogP contribution in [0.1, 0.15) is 47.5 Å². The molecule has 2 heterocycles. The molecule has 2 aliphatic carbocycles. The van der Waals surface area contributed by atoms with E-state index < -0.39 is 5.41 Å². The number of rotatable bonds is 4. The topological polar surface area (TPSA) is 21.1 Å². The van der Waals surface area contributed by atoms with Gasteiger partial charge < -0.3 is 4.90 Å². The summed E-state index contributed by atoms with van der Waals surface area (Å²) in [6, 6.07) is 69.0. The zero-order valence-electron chi connectivity index (χ0n) is 31.2. The molecule has 1 aliphatic heterocycles. The van der Waals surface area contributed by atoms with Gasteiger partial charge in [0.15, 0.2) is 0 Å². The number of para-hydroxylation sites is 1. The quantitative estimate of drug-likeness (QED) is 0.181. The number of hydrogen-bond donors (Lipinski definition) is 0. The molecule has 3 nitrogen and oxygen atoms in total. The lowest BCUT2D eigenvalue weighted by molar-refractivity contribution is 0.660. The summed E-state index contributed by atoms with van der Waals surface area (Å²) < 4.78 is 2.42. The second kappa shape index (κ2) is 11.3. The van der Waals surface area contributed by atoms with Gasteiger partial charge in [-0.05, 0) is 98.1 Å². The van der Waals surface area contributed by atoms with Crippen molar-refractivity contribution in [3.8, 4) is 39.1 Å². The summed E-state index contributed by atoms with van der Waals surface area (Å²) in [4.78, 5) is 8.14. The first kappa shape index (κ1) is 31.4. The van der Waals surface area contributed by atoms with E-state index in [-0.39, 0.29) is 5.41 Å². The molecule has 12 rings (SSSR count). The van der Waals surface area contributed by atoms with Crippen LogP contribution in [0.4, 0.5) is 17.1 Å². The second-order valence-electron chi connectivity index (χ2n) is 15.9. The van der Waals surface area contributed by atoms with Gasteiger partial charge in [0.05, 0.1) is 22.4 Å². The lowest BCUT2D eigenvalue weighted by Crippen LogP contribution is -2.27. The Morgan fingerprint density at radius 1 is 0.464 bits per heavy atom. The molecule has 0 N–H and O–H groups in total. The van der Waals surface area contributed by atoms with Gasteiger partial charge in [0.1, 0.15) is 11.2 Å². The maximum absolute atomic E-state index is 5.69. The average Bonchev–Trinajstić information content (AvgIpc) is 3.94. The van der Waals surface area contributed by atoms with Crippen molar-refractivity contribution < 1.29 is 0 Å². The predicted octanol–water partition coefficient (Wildman–Crippen LogP) is 13.1. The molecule has 3 heteroatoms. The molecule has 0 amide bonds. The lowest BCUT2D eigenvalue weighted by atomic mass is 9.73. The summed E-state index contributed by atoms with van der Waals surface area (Å²) in [7, 11) is 0. The Hall–Kier alpha value is -6.97. The Kier molecular flexibility index (Phi) is 6.32. The van der Waals surface area contributed by atoms with Crippen LogP contribution in [0, 0.1) is 0 Å². The van der Waals surface area contributed by atoms with E-state index in [1.807, 2.05) is 0 Å². The number of fused-ring (bicyclic) bond motifs is 15. The van der Waals surface area contributed by atoms with Crippen molar-refractivity contribution in [2.24, 2.45) is 0 Å². The molecule has 8 aromatic carbocycles. The molecule has 1 aromatic heterocycles. The second-order valence-corrected chi connectivity index (χ2v) is 15.9. The van der Waals surface area contributed by atoms with E-state index in [9.17, 15) is 0 Å². The number of hydrogen-bond acceptors (Lipinski definition) is 2. The molecule has 0 unspecified atom stereocenters. The molecule has 1 spiro atoms. The van der Waals surface area contributed by atoms with Crippen LogP contribution in [-0.2, 0) is 10.8 Å². The Morgan fingerprint density at radius 2 is 1.04 bits per heavy atom. The van der Waals surface area contributed by atoms with Crippen LogP contribution >= 0.6 is 0 Å². The van der Waals surface area contributed by atoms with Crippen LogP contribution in [0.25, 0.3) is 50.1 Å². The SMILES string of the molecule is CC1(C)c2ccccc2-c2c(N(c3ccc(-c4ccccc4)cc3)c3ccc4c(c3)nc3n4-c4ccccc4C34c3ccccc3-c3ccccc34)cccc21. The summed E-state index contributed by atoms with van der Waals surface area (Å²) in [5.41, 5.74) is 20.2. The summed E-state index contributed by atoms with van der Waals surface area (Å²) in [5.74, 6) is 1.05. The van der Waals surface area contributed by atoms with Crippen molar-refractivity contribution in [3.05, 3.63) is 222 Å². The Bertz CT molecular complexity index is 3010. The number of imidazole rings is 1. The highest BCUT2D eigenvalue weighted by Gasteiger charge is 2.54. The fraction of sp³-hybridized carbons (Fsp3) is 0.0755. The molecule has 0 saturated heterocycles. The van der Waals surface area contributed by atoms with E-state index in [0.717, 1.165) is 28.2 Å². The molecule has 0 atom stereocenters.